The number of hydrogen-bond donors (Lipinski definition) is 2. The monoisotopic (exact) mass is 333 g/mol. The van der Waals surface area contributed by atoms with Crippen LogP contribution in [0.15, 0.2) is 42.5 Å². The van der Waals surface area contributed by atoms with Crippen LogP contribution < -0.4 is 10.6 Å². The summed E-state index contributed by atoms with van der Waals surface area (Å²) in [5.41, 5.74) is 0.921. The Bertz CT molecular complexity index is 765. The summed E-state index contributed by atoms with van der Waals surface area (Å²) in [7, 11) is 1.51. The van der Waals surface area contributed by atoms with Crippen LogP contribution in [0.5, 0.6) is 0 Å². The number of carbonyl (C=O) groups excluding carboxylic acids is 2. The van der Waals surface area contributed by atoms with Gasteiger partial charge in [0, 0.05) is 26.2 Å². The number of benzene rings is 2. The highest BCUT2D eigenvalue weighted by molar-refractivity contribution is 5.92. The Morgan fingerprint density at radius 3 is 2.50 bits per heavy atom. The van der Waals surface area contributed by atoms with Gasteiger partial charge in [0.1, 0.15) is 11.6 Å². The van der Waals surface area contributed by atoms with Gasteiger partial charge in [-0.25, -0.2) is 13.6 Å². The molecule has 3 amide bonds. The summed E-state index contributed by atoms with van der Waals surface area (Å²) in [6, 6.07) is 9.17. The first kappa shape index (κ1) is 17.4. The number of nitrogens with one attached hydrogen (secondary N) is 2. The molecule has 0 heterocycles. The Balaban J connectivity index is 2.06. The van der Waals surface area contributed by atoms with Crippen molar-refractivity contribution in [1.82, 2.24) is 4.90 Å². The standard InChI is InChI=1S/C17H17F2N3O2/c1-11(23)20-14-6-7-15(19)16(9-14)21-17(24)22(2)10-12-4-3-5-13(18)8-12/h3-9H,10H2,1-2H3,(H,20,23)(H,21,24). The van der Waals surface area contributed by atoms with E-state index in [1.807, 2.05) is 0 Å². The molecular weight excluding hydrogens is 316 g/mol. The number of urea groups is 1. The molecule has 2 aromatic carbocycles. The zero-order chi connectivity index (χ0) is 17.7. The molecular formula is C17H17F2N3O2. The minimum absolute atomic E-state index is 0.0580. The van der Waals surface area contributed by atoms with Crippen molar-refractivity contribution in [3.05, 3.63) is 59.7 Å². The minimum Gasteiger partial charge on any atom is -0.326 e. The highest BCUT2D eigenvalue weighted by atomic mass is 19.1. The molecule has 0 atom stereocenters. The van der Waals surface area contributed by atoms with E-state index in [0.29, 0.717) is 11.3 Å². The van der Waals surface area contributed by atoms with Gasteiger partial charge in [0.2, 0.25) is 5.91 Å². The van der Waals surface area contributed by atoms with E-state index in [0.717, 1.165) is 6.07 Å². The predicted octanol–water partition coefficient (Wildman–Crippen LogP) is 3.59. The zero-order valence-corrected chi connectivity index (χ0v) is 13.3. The molecule has 2 aromatic rings. The largest absolute Gasteiger partial charge is 0.326 e. The van der Waals surface area contributed by atoms with E-state index in [1.54, 1.807) is 12.1 Å². The van der Waals surface area contributed by atoms with Gasteiger partial charge >= 0.3 is 6.03 Å². The van der Waals surface area contributed by atoms with Crippen molar-refractivity contribution in [2.45, 2.75) is 13.5 Å². The molecule has 0 aliphatic heterocycles. The molecule has 24 heavy (non-hydrogen) atoms. The van der Waals surface area contributed by atoms with Crippen molar-refractivity contribution in [2.24, 2.45) is 0 Å². The highest BCUT2D eigenvalue weighted by Gasteiger charge is 2.13. The molecule has 2 rings (SSSR count). The molecule has 0 bridgehead atoms. The van der Waals surface area contributed by atoms with Gasteiger partial charge in [-0.15, -0.1) is 0 Å². The van der Waals surface area contributed by atoms with Crippen molar-refractivity contribution >= 4 is 23.3 Å². The molecule has 2 N–H and O–H groups in total. The van der Waals surface area contributed by atoms with E-state index in [2.05, 4.69) is 10.6 Å². The maximum Gasteiger partial charge on any atom is 0.321 e. The van der Waals surface area contributed by atoms with Gasteiger partial charge in [-0.2, -0.15) is 0 Å². The fourth-order valence-corrected chi connectivity index (χ4v) is 2.09. The van der Waals surface area contributed by atoms with E-state index in [4.69, 9.17) is 0 Å². The summed E-state index contributed by atoms with van der Waals surface area (Å²) in [6.45, 7) is 1.49. The summed E-state index contributed by atoms with van der Waals surface area (Å²) >= 11 is 0. The lowest BCUT2D eigenvalue weighted by atomic mass is 10.2. The lowest BCUT2D eigenvalue weighted by molar-refractivity contribution is -0.114. The first-order valence-corrected chi connectivity index (χ1v) is 7.19. The van der Waals surface area contributed by atoms with Crippen LogP contribution in [-0.4, -0.2) is 23.9 Å². The third-order valence-corrected chi connectivity index (χ3v) is 3.18. The van der Waals surface area contributed by atoms with Crippen molar-refractivity contribution in [3.8, 4) is 0 Å². The van der Waals surface area contributed by atoms with Crippen molar-refractivity contribution in [1.29, 1.82) is 0 Å². The van der Waals surface area contributed by atoms with E-state index >= 15 is 0 Å². The number of carbonyl (C=O) groups is 2. The molecule has 0 unspecified atom stereocenters. The average Bonchev–Trinajstić information content (AvgIpc) is 2.50. The molecule has 0 radical (unpaired) electrons. The van der Waals surface area contributed by atoms with Gasteiger partial charge in [-0.1, -0.05) is 12.1 Å². The average molecular weight is 333 g/mol. The van der Waals surface area contributed by atoms with Crippen LogP contribution in [0.4, 0.5) is 25.0 Å². The lowest BCUT2D eigenvalue weighted by Crippen LogP contribution is -2.31. The second-order valence-electron chi connectivity index (χ2n) is 5.29. The molecule has 0 aliphatic rings. The molecule has 0 saturated heterocycles. The van der Waals surface area contributed by atoms with Crippen LogP contribution in [0.3, 0.4) is 0 Å². The maximum absolute atomic E-state index is 13.8. The number of anilines is 2. The molecule has 7 heteroatoms. The number of hydrogen-bond acceptors (Lipinski definition) is 2. The number of amides is 3. The Hall–Kier alpha value is -2.96. The van der Waals surface area contributed by atoms with Crippen molar-refractivity contribution in [2.75, 3.05) is 17.7 Å². The van der Waals surface area contributed by atoms with Crippen LogP contribution in [0.2, 0.25) is 0 Å². The van der Waals surface area contributed by atoms with Gasteiger partial charge in [0.15, 0.2) is 0 Å². The Kier molecular flexibility index (Phi) is 5.47. The maximum atomic E-state index is 13.8. The van der Waals surface area contributed by atoms with Crippen LogP contribution in [0, 0.1) is 11.6 Å². The van der Waals surface area contributed by atoms with Gasteiger partial charge in [-0.3, -0.25) is 4.79 Å². The minimum atomic E-state index is -0.628. The number of halogens is 2. The first-order valence-electron chi connectivity index (χ1n) is 7.19. The molecule has 5 nitrogen and oxygen atoms in total. The summed E-state index contributed by atoms with van der Waals surface area (Å²) in [5.74, 6) is -1.32. The topological polar surface area (TPSA) is 61.4 Å². The van der Waals surface area contributed by atoms with Gasteiger partial charge in [0.05, 0.1) is 5.69 Å². The smallest absolute Gasteiger partial charge is 0.321 e. The Morgan fingerprint density at radius 1 is 1.08 bits per heavy atom. The normalized spacial score (nSPS) is 10.2. The van der Waals surface area contributed by atoms with Gasteiger partial charge in [0.25, 0.3) is 0 Å². The van der Waals surface area contributed by atoms with Crippen molar-refractivity contribution < 1.29 is 18.4 Å². The van der Waals surface area contributed by atoms with Crippen LogP contribution in [-0.2, 0) is 11.3 Å². The highest BCUT2D eigenvalue weighted by Crippen LogP contribution is 2.20. The number of nitrogens with zero attached hydrogens (tertiary/aromatic N) is 1. The summed E-state index contributed by atoms with van der Waals surface area (Å²) in [6.07, 6.45) is 0. The number of rotatable bonds is 4. The summed E-state index contributed by atoms with van der Waals surface area (Å²) < 4.78 is 27.0. The van der Waals surface area contributed by atoms with Gasteiger partial charge in [-0.05, 0) is 35.9 Å². The summed E-state index contributed by atoms with van der Waals surface area (Å²) in [5, 5.41) is 4.93. The molecule has 0 fully saturated rings. The van der Waals surface area contributed by atoms with E-state index in [9.17, 15) is 18.4 Å². The van der Waals surface area contributed by atoms with E-state index in [1.165, 1.54) is 43.1 Å². The van der Waals surface area contributed by atoms with Crippen molar-refractivity contribution in [3.63, 3.8) is 0 Å². The lowest BCUT2D eigenvalue weighted by Gasteiger charge is -2.18. The SMILES string of the molecule is CC(=O)Nc1ccc(F)c(NC(=O)N(C)Cc2cccc(F)c2)c1. The van der Waals surface area contributed by atoms with E-state index in [-0.39, 0.29) is 18.1 Å². The predicted molar refractivity (Wildman–Crippen MR) is 87.6 cm³/mol. The first-order chi connectivity index (χ1) is 11.3. The van der Waals surface area contributed by atoms with Gasteiger partial charge < -0.3 is 15.5 Å². The third-order valence-electron chi connectivity index (χ3n) is 3.18. The molecule has 0 aromatic heterocycles. The summed E-state index contributed by atoms with van der Waals surface area (Å²) in [4.78, 5) is 24.5. The van der Waals surface area contributed by atoms with Crippen LogP contribution >= 0.6 is 0 Å². The molecule has 126 valence electrons. The molecule has 0 aliphatic carbocycles. The Morgan fingerprint density at radius 2 is 1.83 bits per heavy atom. The van der Waals surface area contributed by atoms with Crippen LogP contribution in [0.25, 0.3) is 0 Å². The second-order valence-corrected chi connectivity index (χ2v) is 5.29. The van der Waals surface area contributed by atoms with Crippen LogP contribution in [0.1, 0.15) is 12.5 Å². The fourth-order valence-electron chi connectivity index (χ4n) is 2.09. The quantitative estimate of drug-likeness (QED) is 0.898. The molecule has 0 spiro atoms. The Labute approximate surface area is 138 Å². The fraction of sp³-hybridized carbons (Fsp3) is 0.176. The zero-order valence-electron chi connectivity index (χ0n) is 13.3. The third kappa shape index (κ3) is 4.77. The van der Waals surface area contributed by atoms with E-state index < -0.39 is 17.7 Å². The molecule has 0 saturated carbocycles. The second kappa shape index (κ2) is 7.54.